The summed E-state index contributed by atoms with van der Waals surface area (Å²) in [6, 6.07) is 10.4. The largest absolute Gasteiger partial charge is 0.355 e. The molecule has 0 spiro atoms. The lowest BCUT2D eigenvalue weighted by Crippen LogP contribution is -2.34. The molecule has 152 valence electrons. The summed E-state index contributed by atoms with van der Waals surface area (Å²) < 4.78 is 0. The fourth-order valence-corrected chi connectivity index (χ4v) is 4.55. The van der Waals surface area contributed by atoms with E-state index in [1.165, 1.54) is 23.3 Å². The molecule has 0 aliphatic carbocycles. The van der Waals surface area contributed by atoms with Crippen LogP contribution in [0.25, 0.3) is 10.6 Å². The molecule has 5 nitrogen and oxygen atoms in total. The number of carbonyl (C=O) groups is 1. The fourth-order valence-electron chi connectivity index (χ4n) is 3.59. The van der Waals surface area contributed by atoms with Crippen molar-refractivity contribution >= 4 is 17.2 Å². The van der Waals surface area contributed by atoms with Gasteiger partial charge in [0.1, 0.15) is 5.01 Å². The highest BCUT2D eigenvalue weighted by atomic mass is 32.1. The van der Waals surface area contributed by atoms with Gasteiger partial charge in [-0.1, -0.05) is 30.3 Å². The number of hydrogen-bond acceptors (Lipinski definition) is 5. The first-order chi connectivity index (χ1) is 13.6. The van der Waals surface area contributed by atoms with Crippen molar-refractivity contribution in [2.75, 3.05) is 40.3 Å². The highest BCUT2D eigenvalue weighted by Crippen LogP contribution is 2.28. The number of likely N-dealkylation sites (tertiary alicyclic amines) is 1. The third-order valence-corrected chi connectivity index (χ3v) is 6.35. The lowest BCUT2D eigenvalue weighted by atomic mass is 9.92. The molecule has 6 heteroatoms. The number of likely N-dealkylation sites (N-methyl/N-ethyl adjacent to an activating group) is 1. The van der Waals surface area contributed by atoms with Gasteiger partial charge >= 0.3 is 0 Å². The predicted octanol–water partition coefficient (Wildman–Crippen LogP) is 3.48. The zero-order valence-electron chi connectivity index (χ0n) is 17.1. The highest BCUT2D eigenvalue weighted by molar-refractivity contribution is 7.15. The van der Waals surface area contributed by atoms with Gasteiger partial charge in [0.05, 0.1) is 0 Å². The Morgan fingerprint density at radius 3 is 2.71 bits per heavy atom. The number of benzene rings is 1. The lowest BCUT2D eigenvalue weighted by molar-refractivity contribution is -0.121. The highest BCUT2D eigenvalue weighted by Gasteiger charge is 2.20. The molecule has 2 aromatic rings. The number of rotatable bonds is 9. The molecular weight excluding hydrogens is 368 g/mol. The molecule has 0 radical (unpaired) electrons. The maximum absolute atomic E-state index is 11.9. The number of amides is 1. The van der Waals surface area contributed by atoms with Crippen molar-refractivity contribution in [3.63, 3.8) is 0 Å². The van der Waals surface area contributed by atoms with Crippen LogP contribution >= 0.6 is 11.3 Å². The number of carbonyl (C=O) groups excluding carboxylic acids is 1. The van der Waals surface area contributed by atoms with Crippen LogP contribution in [-0.2, 0) is 11.3 Å². The Hall–Kier alpha value is -1.76. The van der Waals surface area contributed by atoms with E-state index in [2.05, 4.69) is 44.4 Å². The smallest absolute Gasteiger partial charge is 0.220 e. The molecule has 1 aliphatic heterocycles. The van der Waals surface area contributed by atoms with E-state index in [1.807, 2.05) is 26.4 Å². The molecule has 1 fully saturated rings. The van der Waals surface area contributed by atoms with Gasteiger partial charge in [-0.25, -0.2) is 4.98 Å². The summed E-state index contributed by atoms with van der Waals surface area (Å²) in [4.78, 5) is 22.5. The van der Waals surface area contributed by atoms with Crippen LogP contribution in [0.5, 0.6) is 0 Å². The first kappa shape index (κ1) is 21.0. The minimum absolute atomic E-state index is 0.197. The number of thiazole rings is 1. The number of piperidine rings is 1. The van der Waals surface area contributed by atoms with E-state index in [0.29, 0.717) is 12.3 Å². The Bertz CT molecular complexity index is 723. The summed E-state index contributed by atoms with van der Waals surface area (Å²) in [6.45, 7) is 4.86. The summed E-state index contributed by atoms with van der Waals surface area (Å²) in [5, 5.41) is 4.12. The van der Waals surface area contributed by atoms with Crippen molar-refractivity contribution in [1.29, 1.82) is 0 Å². The summed E-state index contributed by atoms with van der Waals surface area (Å²) >= 11 is 1.79. The van der Waals surface area contributed by atoms with Gasteiger partial charge in [0.2, 0.25) is 5.91 Å². The van der Waals surface area contributed by atoms with Crippen LogP contribution in [0.4, 0.5) is 0 Å². The molecule has 1 saturated heterocycles. The Balaban J connectivity index is 1.35. The SMILES string of the molecule is CN(C)CCNC(=O)CCC1CCN(Cc2cnc(-c3ccccc3)s2)CC1. The molecule has 1 aliphatic rings. The van der Waals surface area contributed by atoms with E-state index < -0.39 is 0 Å². The maximum atomic E-state index is 11.9. The van der Waals surface area contributed by atoms with Gasteiger partial charge in [-0.2, -0.15) is 0 Å². The standard InChI is InChI=1S/C22H32N4OS/c1-25(2)15-12-23-21(27)9-8-18-10-13-26(14-11-18)17-20-16-24-22(28-20)19-6-4-3-5-7-19/h3-7,16,18H,8-15,17H2,1-2H3,(H,23,27). The van der Waals surface area contributed by atoms with Crippen molar-refractivity contribution in [3.05, 3.63) is 41.4 Å². The quantitative estimate of drug-likeness (QED) is 0.700. The van der Waals surface area contributed by atoms with Gasteiger partial charge in [-0.3, -0.25) is 9.69 Å². The molecule has 1 aromatic heterocycles. The molecule has 0 saturated carbocycles. The summed E-state index contributed by atoms with van der Waals surface area (Å²) in [7, 11) is 4.04. The molecule has 0 unspecified atom stereocenters. The summed E-state index contributed by atoms with van der Waals surface area (Å²) in [6.07, 6.45) is 6.08. The molecule has 1 N–H and O–H groups in total. The third-order valence-electron chi connectivity index (χ3n) is 5.32. The van der Waals surface area contributed by atoms with Gasteiger partial charge in [-0.05, 0) is 52.4 Å². The zero-order chi connectivity index (χ0) is 19.8. The third kappa shape index (κ3) is 6.69. The maximum Gasteiger partial charge on any atom is 0.220 e. The van der Waals surface area contributed by atoms with Crippen LogP contribution in [0.15, 0.2) is 36.5 Å². The van der Waals surface area contributed by atoms with Crippen LogP contribution in [-0.4, -0.2) is 61.0 Å². The van der Waals surface area contributed by atoms with Crippen LogP contribution in [0, 0.1) is 5.92 Å². The summed E-state index contributed by atoms with van der Waals surface area (Å²) in [5.41, 5.74) is 1.20. The molecule has 0 bridgehead atoms. The second-order valence-corrected chi connectivity index (χ2v) is 9.02. The van der Waals surface area contributed by atoms with Gasteiger partial charge in [0.15, 0.2) is 0 Å². The average Bonchev–Trinajstić information content (AvgIpc) is 3.16. The van der Waals surface area contributed by atoms with Gasteiger partial charge < -0.3 is 10.2 Å². The normalized spacial score (nSPS) is 15.8. The molecule has 1 aromatic carbocycles. The van der Waals surface area contributed by atoms with E-state index in [1.54, 1.807) is 11.3 Å². The number of nitrogens with zero attached hydrogens (tertiary/aromatic N) is 3. The summed E-state index contributed by atoms with van der Waals surface area (Å²) in [5.74, 6) is 0.875. The average molecular weight is 401 g/mol. The van der Waals surface area contributed by atoms with Crippen LogP contribution < -0.4 is 5.32 Å². The second kappa shape index (κ2) is 10.7. The Morgan fingerprint density at radius 2 is 2.00 bits per heavy atom. The van der Waals surface area contributed by atoms with Crippen LogP contribution in [0.3, 0.4) is 0 Å². The van der Waals surface area contributed by atoms with Gasteiger partial charge in [0.25, 0.3) is 0 Å². The van der Waals surface area contributed by atoms with E-state index >= 15 is 0 Å². The van der Waals surface area contributed by atoms with Gasteiger partial charge in [0, 0.05) is 42.7 Å². The Labute approximate surface area is 172 Å². The van der Waals surface area contributed by atoms with Gasteiger partial charge in [-0.15, -0.1) is 11.3 Å². The number of hydrogen-bond donors (Lipinski definition) is 1. The predicted molar refractivity (Wildman–Crippen MR) is 116 cm³/mol. The molecule has 3 rings (SSSR count). The molecule has 2 heterocycles. The zero-order valence-corrected chi connectivity index (χ0v) is 17.9. The topological polar surface area (TPSA) is 48.5 Å². The monoisotopic (exact) mass is 400 g/mol. The van der Waals surface area contributed by atoms with E-state index in [4.69, 9.17) is 0 Å². The number of aromatic nitrogens is 1. The molecular formula is C22H32N4OS. The molecule has 28 heavy (non-hydrogen) atoms. The van der Waals surface area contributed by atoms with Crippen molar-refractivity contribution in [1.82, 2.24) is 20.1 Å². The minimum Gasteiger partial charge on any atom is -0.355 e. The van der Waals surface area contributed by atoms with Crippen molar-refractivity contribution in [2.45, 2.75) is 32.2 Å². The van der Waals surface area contributed by atoms with E-state index in [-0.39, 0.29) is 5.91 Å². The van der Waals surface area contributed by atoms with Crippen molar-refractivity contribution < 1.29 is 4.79 Å². The fraction of sp³-hybridized carbons (Fsp3) is 0.545. The van der Waals surface area contributed by atoms with Crippen molar-refractivity contribution in [2.24, 2.45) is 5.92 Å². The minimum atomic E-state index is 0.197. The molecule has 0 atom stereocenters. The molecule has 1 amide bonds. The number of nitrogens with one attached hydrogen (secondary N) is 1. The first-order valence-electron chi connectivity index (χ1n) is 10.2. The lowest BCUT2D eigenvalue weighted by Gasteiger charge is -2.31. The van der Waals surface area contributed by atoms with Crippen LogP contribution in [0.2, 0.25) is 0 Å². The van der Waals surface area contributed by atoms with Crippen LogP contribution in [0.1, 0.15) is 30.6 Å². The van der Waals surface area contributed by atoms with E-state index in [9.17, 15) is 4.79 Å². The van der Waals surface area contributed by atoms with Crippen molar-refractivity contribution in [3.8, 4) is 10.6 Å². The first-order valence-corrected chi connectivity index (χ1v) is 11.1. The Morgan fingerprint density at radius 1 is 1.25 bits per heavy atom. The second-order valence-electron chi connectivity index (χ2n) is 7.91. The Kier molecular flexibility index (Phi) is 8.01. The van der Waals surface area contributed by atoms with E-state index in [0.717, 1.165) is 44.2 Å².